The molecule has 0 bridgehead atoms. The fourth-order valence-corrected chi connectivity index (χ4v) is 2.39. The number of carbonyl (C=O) groups excluding carboxylic acids is 1. The third kappa shape index (κ3) is 3.78. The van der Waals surface area contributed by atoms with Gasteiger partial charge in [0, 0.05) is 29.8 Å². The van der Waals surface area contributed by atoms with Crippen LogP contribution in [-0.4, -0.2) is 53.9 Å². The zero-order valence-corrected chi connectivity index (χ0v) is 12.9. The first kappa shape index (κ1) is 15.1. The Bertz CT molecular complexity index is 409. The van der Waals surface area contributed by atoms with Crippen molar-refractivity contribution in [2.24, 2.45) is 0 Å². The van der Waals surface area contributed by atoms with Gasteiger partial charge in [-0.1, -0.05) is 0 Å². The molecule has 5 heteroatoms. The maximum atomic E-state index is 12.4. The molecule has 0 N–H and O–H groups in total. The van der Waals surface area contributed by atoms with Crippen LogP contribution in [0.2, 0.25) is 0 Å². The van der Waals surface area contributed by atoms with Gasteiger partial charge in [-0.25, -0.2) is 4.98 Å². The van der Waals surface area contributed by atoms with E-state index in [-0.39, 0.29) is 11.9 Å². The van der Waals surface area contributed by atoms with Crippen LogP contribution in [0, 0.1) is 0 Å². The van der Waals surface area contributed by atoms with E-state index in [4.69, 9.17) is 0 Å². The molecule has 18 heavy (non-hydrogen) atoms. The van der Waals surface area contributed by atoms with Crippen molar-refractivity contribution in [2.75, 3.05) is 27.2 Å². The Hall–Kier alpha value is -0.940. The molecule has 1 rings (SSSR count). The summed E-state index contributed by atoms with van der Waals surface area (Å²) in [6.45, 7) is 5.56. The second-order valence-corrected chi connectivity index (χ2v) is 5.39. The molecular formula is C13H20BrN3O. The predicted octanol–water partition coefficient (Wildman–Crippen LogP) is 2.26. The van der Waals surface area contributed by atoms with Gasteiger partial charge < -0.3 is 9.80 Å². The second-order valence-electron chi connectivity index (χ2n) is 4.54. The van der Waals surface area contributed by atoms with Crippen LogP contribution in [0.1, 0.15) is 24.3 Å². The molecule has 1 aromatic rings. The minimum absolute atomic E-state index is 0.0284. The molecule has 0 aromatic carbocycles. The fourth-order valence-electron chi connectivity index (χ4n) is 1.96. The van der Waals surface area contributed by atoms with E-state index in [0.717, 1.165) is 11.0 Å². The number of hydrogen-bond donors (Lipinski definition) is 0. The number of nitrogens with zero attached hydrogens (tertiary/aromatic N) is 3. The molecule has 1 unspecified atom stereocenters. The minimum atomic E-state index is -0.0284. The number of halogens is 1. The molecule has 0 saturated heterocycles. The van der Waals surface area contributed by atoms with E-state index in [0.29, 0.717) is 12.2 Å². The number of hydrogen-bond acceptors (Lipinski definition) is 3. The molecular weight excluding hydrogens is 294 g/mol. The third-order valence-corrected chi connectivity index (χ3v) is 3.36. The van der Waals surface area contributed by atoms with Crippen molar-refractivity contribution >= 4 is 21.8 Å². The zero-order valence-electron chi connectivity index (χ0n) is 11.4. The second kappa shape index (κ2) is 6.85. The topological polar surface area (TPSA) is 36.4 Å². The van der Waals surface area contributed by atoms with Crippen molar-refractivity contribution < 1.29 is 4.79 Å². The van der Waals surface area contributed by atoms with Gasteiger partial charge in [-0.05, 0) is 56.0 Å². The summed E-state index contributed by atoms with van der Waals surface area (Å²) in [5.41, 5.74) is 0.477. The molecule has 0 aliphatic carbocycles. The normalized spacial score (nSPS) is 12.6. The highest BCUT2D eigenvalue weighted by molar-refractivity contribution is 9.10. The summed E-state index contributed by atoms with van der Waals surface area (Å²) in [7, 11) is 4.01. The minimum Gasteiger partial charge on any atom is -0.334 e. The first-order valence-corrected chi connectivity index (χ1v) is 6.82. The number of rotatable bonds is 5. The largest absolute Gasteiger partial charge is 0.334 e. The van der Waals surface area contributed by atoms with Crippen LogP contribution >= 0.6 is 15.9 Å². The summed E-state index contributed by atoms with van der Waals surface area (Å²) in [6, 6.07) is 3.80. The van der Waals surface area contributed by atoms with Crippen LogP contribution in [0.3, 0.4) is 0 Å². The SMILES string of the molecule is CCN(C(=O)c1ncccc1Br)C(C)CN(C)C. The Morgan fingerprint density at radius 2 is 2.17 bits per heavy atom. The molecule has 1 heterocycles. The summed E-state index contributed by atoms with van der Waals surface area (Å²) in [5, 5.41) is 0. The third-order valence-electron chi connectivity index (χ3n) is 2.72. The number of likely N-dealkylation sites (N-methyl/N-ethyl adjacent to an activating group) is 2. The standard InChI is InChI=1S/C13H20BrN3O/c1-5-17(10(2)9-16(3)4)13(18)12-11(14)7-6-8-15-12/h6-8,10H,5,9H2,1-4H3. The summed E-state index contributed by atoms with van der Waals surface area (Å²) < 4.78 is 0.741. The van der Waals surface area contributed by atoms with Crippen molar-refractivity contribution in [3.63, 3.8) is 0 Å². The van der Waals surface area contributed by atoms with Gasteiger partial charge >= 0.3 is 0 Å². The molecule has 100 valence electrons. The molecule has 4 nitrogen and oxygen atoms in total. The first-order chi connectivity index (χ1) is 8.47. The molecule has 0 fully saturated rings. The quantitative estimate of drug-likeness (QED) is 0.836. The van der Waals surface area contributed by atoms with E-state index in [1.54, 1.807) is 12.3 Å². The monoisotopic (exact) mass is 313 g/mol. The van der Waals surface area contributed by atoms with Crippen molar-refractivity contribution in [3.8, 4) is 0 Å². The zero-order chi connectivity index (χ0) is 13.7. The highest BCUT2D eigenvalue weighted by Crippen LogP contribution is 2.16. The predicted molar refractivity (Wildman–Crippen MR) is 76.7 cm³/mol. The number of carbonyl (C=O) groups is 1. The maximum absolute atomic E-state index is 12.4. The number of pyridine rings is 1. The van der Waals surface area contributed by atoms with Gasteiger partial charge in [-0.3, -0.25) is 4.79 Å². The van der Waals surface area contributed by atoms with Gasteiger partial charge in [-0.15, -0.1) is 0 Å². The fraction of sp³-hybridized carbons (Fsp3) is 0.538. The van der Waals surface area contributed by atoms with E-state index >= 15 is 0 Å². The molecule has 1 amide bonds. The lowest BCUT2D eigenvalue weighted by atomic mass is 10.2. The van der Waals surface area contributed by atoms with Gasteiger partial charge in [0.1, 0.15) is 5.69 Å². The van der Waals surface area contributed by atoms with Gasteiger partial charge in [0.25, 0.3) is 5.91 Å². The van der Waals surface area contributed by atoms with Crippen LogP contribution in [0.4, 0.5) is 0 Å². The summed E-state index contributed by atoms with van der Waals surface area (Å²) in [6.07, 6.45) is 1.64. The smallest absolute Gasteiger partial charge is 0.273 e. The van der Waals surface area contributed by atoms with Crippen molar-refractivity contribution in [1.29, 1.82) is 0 Å². The highest BCUT2D eigenvalue weighted by Gasteiger charge is 2.22. The molecule has 0 spiro atoms. The molecule has 0 aliphatic heterocycles. The number of aromatic nitrogens is 1. The average molecular weight is 314 g/mol. The van der Waals surface area contributed by atoms with Crippen molar-refractivity contribution in [2.45, 2.75) is 19.9 Å². The molecule has 1 atom stereocenters. The Morgan fingerprint density at radius 1 is 1.50 bits per heavy atom. The lowest BCUT2D eigenvalue weighted by Gasteiger charge is -2.30. The molecule has 0 aliphatic rings. The molecule has 0 saturated carbocycles. The Balaban J connectivity index is 2.89. The van der Waals surface area contributed by atoms with E-state index in [2.05, 4.69) is 32.7 Å². The molecule has 0 radical (unpaired) electrons. The van der Waals surface area contributed by atoms with Crippen molar-refractivity contribution in [3.05, 3.63) is 28.5 Å². The van der Waals surface area contributed by atoms with E-state index in [1.165, 1.54) is 0 Å². The highest BCUT2D eigenvalue weighted by atomic mass is 79.9. The van der Waals surface area contributed by atoms with Gasteiger partial charge in [0.05, 0.1) is 0 Å². The summed E-state index contributed by atoms with van der Waals surface area (Å²) >= 11 is 3.37. The Labute approximate surface area is 117 Å². The number of amides is 1. The first-order valence-electron chi connectivity index (χ1n) is 6.03. The lowest BCUT2D eigenvalue weighted by molar-refractivity contribution is 0.0672. The lowest BCUT2D eigenvalue weighted by Crippen LogP contribution is -2.44. The van der Waals surface area contributed by atoms with Crippen LogP contribution in [0.5, 0.6) is 0 Å². The van der Waals surface area contributed by atoms with E-state index in [1.807, 2.05) is 32.0 Å². The Morgan fingerprint density at radius 3 is 2.67 bits per heavy atom. The molecule has 1 aromatic heterocycles. The van der Waals surface area contributed by atoms with Gasteiger partial charge in [-0.2, -0.15) is 0 Å². The van der Waals surface area contributed by atoms with Crippen LogP contribution in [0.25, 0.3) is 0 Å². The summed E-state index contributed by atoms with van der Waals surface area (Å²) in [5.74, 6) is -0.0284. The van der Waals surface area contributed by atoms with E-state index in [9.17, 15) is 4.79 Å². The van der Waals surface area contributed by atoms with Gasteiger partial charge in [0.2, 0.25) is 0 Å². The van der Waals surface area contributed by atoms with Gasteiger partial charge in [0.15, 0.2) is 0 Å². The Kier molecular flexibility index (Phi) is 5.75. The van der Waals surface area contributed by atoms with Crippen LogP contribution in [-0.2, 0) is 0 Å². The average Bonchev–Trinajstić information content (AvgIpc) is 2.29. The summed E-state index contributed by atoms with van der Waals surface area (Å²) in [4.78, 5) is 20.5. The van der Waals surface area contributed by atoms with Crippen molar-refractivity contribution in [1.82, 2.24) is 14.8 Å². The van der Waals surface area contributed by atoms with Crippen LogP contribution in [0.15, 0.2) is 22.8 Å². The van der Waals surface area contributed by atoms with E-state index < -0.39 is 0 Å². The maximum Gasteiger partial charge on any atom is 0.273 e. The van der Waals surface area contributed by atoms with Crippen LogP contribution < -0.4 is 0 Å².